The molecule has 0 heterocycles. The first-order valence-electron chi connectivity index (χ1n) is 7.77. The van der Waals surface area contributed by atoms with Crippen molar-refractivity contribution < 1.29 is 9.84 Å². The predicted octanol–water partition coefficient (Wildman–Crippen LogP) is 4.09. The molecule has 0 spiro atoms. The third-order valence-electron chi connectivity index (χ3n) is 3.65. The van der Waals surface area contributed by atoms with E-state index in [4.69, 9.17) is 4.74 Å². The Morgan fingerprint density at radius 2 is 1.70 bits per heavy atom. The normalized spacial score (nSPS) is 15.1. The largest absolute Gasteiger partial charge is 0.390 e. The van der Waals surface area contributed by atoms with Crippen LogP contribution in [0.3, 0.4) is 0 Å². The standard InChI is InChI=1S/C18H30O2/c1-6-8-17(20-7-2)16(19)13-14-9-11-15(12-10-14)18(3,4)5/h9-12,16-17,19H,6-8,13H2,1-5H3. The molecule has 1 rings (SSSR count). The number of ether oxygens (including phenoxy) is 1. The van der Waals surface area contributed by atoms with Gasteiger partial charge in [0, 0.05) is 13.0 Å². The number of aliphatic hydroxyl groups excluding tert-OH is 1. The first-order chi connectivity index (χ1) is 9.38. The second kappa shape index (κ2) is 7.80. The third kappa shape index (κ3) is 5.26. The van der Waals surface area contributed by atoms with Gasteiger partial charge in [0.25, 0.3) is 0 Å². The summed E-state index contributed by atoms with van der Waals surface area (Å²) in [6, 6.07) is 8.58. The Bertz CT molecular complexity index is 369. The Kier molecular flexibility index (Phi) is 6.70. The van der Waals surface area contributed by atoms with Crippen molar-refractivity contribution in [1.29, 1.82) is 0 Å². The minimum absolute atomic E-state index is 0.0488. The van der Waals surface area contributed by atoms with Crippen LogP contribution in [-0.2, 0) is 16.6 Å². The zero-order valence-corrected chi connectivity index (χ0v) is 13.6. The molecule has 0 saturated heterocycles. The van der Waals surface area contributed by atoms with E-state index in [0.29, 0.717) is 13.0 Å². The SMILES string of the molecule is CCCC(OCC)C(O)Cc1ccc(C(C)(C)C)cc1. The second-order valence-electron chi connectivity index (χ2n) is 6.50. The highest BCUT2D eigenvalue weighted by atomic mass is 16.5. The van der Waals surface area contributed by atoms with E-state index in [9.17, 15) is 5.11 Å². The molecule has 0 fully saturated rings. The van der Waals surface area contributed by atoms with Crippen LogP contribution < -0.4 is 0 Å². The molecule has 2 atom stereocenters. The molecule has 1 N–H and O–H groups in total. The highest BCUT2D eigenvalue weighted by molar-refractivity contribution is 5.27. The number of rotatable bonds is 7. The van der Waals surface area contributed by atoms with E-state index >= 15 is 0 Å². The zero-order valence-electron chi connectivity index (χ0n) is 13.6. The molecule has 0 radical (unpaired) electrons. The lowest BCUT2D eigenvalue weighted by molar-refractivity contribution is -0.0363. The van der Waals surface area contributed by atoms with Crippen LogP contribution in [0.4, 0.5) is 0 Å². The molecule has 114 valence electrons. The van der Waals surface area contributed by atoms with E-state index in [0.717, 1.165) is 12.8 Å². The highest BCUT2D eigenvalue weighted by Crippen LogP contribution is 2.23. The Hall–Kier alpha value is -0.860. The highest BCUT2D eigenvalue weighted by Gasteiger charge is 2.19. The summed E-state index contributed by atoms with van der Waals surface area (Å²) in [6.45, 7) is 11.4. The van der Waals surface area contributed by atoms with Gasteiger partial charge >= 0.3 is 0 Å². The van der Waals surface area contributed by atoms with Gasteiger partial charge in [-0.3, -0.25) is 0 Å². The topological polar surface area (TPSA) is 29.5 Å². The minimum Gasteiger partial charge on any atom is -0.390 e. The molecule has 20 heavy (non-hydrogen) atoms. The lowest BCUT2D eigenvalue weighted by Gasteiger charge is -2.23. The van der Waals surface area contributed by atoms with Gasteiger partial charge in [0.2, 0.25) is 0 Å². The molecular weight excluding hydrogens is 248 g/mol. The van der Waals surface area contributed by atoms with Gasteiger partial charge in [0.15, 0.2) is 0 Å². The molecule has 0 aromatic heterocycles. The van der Waals surface area contributed by atoms with Crippen LogP contribution in [0.1, 0.15) is 58.6 Å². The van der Waals surface area contributed by atoms with E-state index in [-0.39, 0.29) is 11.5 Å². The fourth-order valence-corrected chi connectivity index (χ4v) is 2.40. The summed E-state index contributed by atoms with van der Waals surface area (Å²) in [5.74, 6) is 0. The van der Waals surface area contributed by atoms with Crippen LogP contribution in [0, 0.1) is 0 Å². The van der Waals surface area contributed by atoms with Gasteiger partial charge in [0.05, 0.1) is 12.2 Å². The van der Waals surface area contributed by atoms with Crippen molar-refractivity contribution in [3.05, 3.63) is 35.4 Å². The summed E-state index contributed by atoms with van der Waals surface area (Å²) < 4.78 is 5.64. The van der Waals surface area contributed by atoms with Gasteiger partial charge < -0.3 is 9.84 Å². The second-order valence-corrected chi connectivity index (χ2v) is 6.50. The van der Waals surface area contributed by atoms with Crippen molar-refractivity contribution in [3.63, 3.8) is 0 Å². The first-order valence-corrected chi connectivity index (χ1v) is 7.77. The molecule has 0 aliphatic rings. The molecule has 1 aromatic rings. The summed E-state index contributed by atoms with van der Waals surface area (Å²) in [4.78, 5) is 0. The maximum atomic E-state index is 10.3. The zero-order chi connectivity index (χ0) is 15.2. The Morgan fingerprint density at radius 3 is 2.15 bits per heavy atom. The average molecular weight is 278 g/mol. The van der Waals surface area contributed by atoms with Crippen molar-refractivity contribution in [3.8, 4) is 0 Å². The van der Waals surface area contributed by atoms with Crippen LogP contribution in [0.15, 0.2) is 24.3 Å². The minimum atomic E-state index is -0.421. The maximum absolute atomic E-state index is 10.3. The van der Waals surface area contributed by atoms with E-state index in [1.54, 1.807) is 0 Å². The number of hydrogen-bond acceptors (Lipinski definition) is 2. The summed E-state index contributed by atoms with van der Waals surface area (Å²) in [7, 11) is 0. The molecule has 2 heteroatoms. The van der Waals surface area contributed by atoms with Crippen LogP contribution in [0.25, 0.3) is 0 Å². The number of benzene rings is 1. The summed E-state index contributed by atoms with van der Waals surface area (Å²) >= 11 is 0. The summed E-state index contributed by atoms with van der Waals surface area (Å²) in [6.07, 6.45) is 2.14. The molecule has 0 aliphatic carbocycles. The van der Waals surface area contributed by atoms with Crippen LogP contribution in [0.2, 0.25) is 0 Å². The molecule has 1 aromatic carbocycles. The molecular formula is C18H30O2. The van der Waals surface area contributed by atoms with Gasteiger partial charge in [-0.15, -0.1) is 0 Å². The third-order valence-corrected chi connectivity index (χ3v) is 3.65. The van der Waals surface area contributed by atoms with Crippen LogP contribution >= 0.6 is 0 Å². The lowest BCUT2D eigenvalue weighted by atomic mass is 9.86. The first kappa shape index (κ1) is 17.2. The molecule has 2 unspecified atom stereocenters. The van der Waals surface area contributed by atoms with Gasteiger partial charge in [0.1, 0.15) is 0 Å². The van der Waals surface area contributed by atoms with Crippen molar-refractivity contribution in [1.82, 2.24) is 0 Å². The molecule has 0 amide bonds. The van der Waals surface area contributed by atoms with E-state index in [1.165, 1.54) is 11.1 Å². The Balaban J connectivity index is 2.67. The van der Waals surface area contributed by atoms with E-state index in [1.807, 2.05) is 6.92 Å². The van der Waals surface area contributed by atoms with Gasteiger partial charge in [-0.05, 0) is 29.9 Å². The van der Waals surface area contributed by atoms with Crippen LogP contribution in [0.5, 0.6) is 0 Å². The van der Waals surface area contributed by atoms with Crippen molar-refractivity contribution in [2.24, 2.45) is 0 Å². The molecule has 0 aliphatic heterocycles. The molecule has 0 saturated carbocycles. The molecule has 0 bridgehead atoms. The Morgan fingerprint density at radius 1 is 1.10 bits per heavy atom. The van der Waals surface area contributed by atoms with Gasteiger partial charge in [-0.1, -0.05) is 58.4 Å². The fourth-order valence-electron chi connectivity index (χ4n) is 2.40. The smallest absolute Gasteiger partial charge is 0.0842 e. The van der Waals surface area contributed by atoms with Crippen molar-refractivity contribution in [2.75, 3.05) is 6.61 Å². The van der Waals surface area contributed by atoms with Gasteiger partial charge in [-0.2, -0.15) is 0 Å². The summed E-state index contributed by atoms with van der Waals surface area (Å²) in [5.41, 5.74) is 2.67. The monoisotopic (exact) mass is 278 g/mol. The maximum Gasteiger partial charge on any atom is 0.0842 e. The lowest BCUT2D eigenvalue weighted by Crippen LogP contribution is -2.31. The van der Waals surface area contributed by atoms with E-state index in [2.05, 4.69) is 52.0 Å². The van der Waals surface area contributed by atoms with Gasteiger partial charge in [-0.25, -0.2) is 0 Å². The predicted molar refractivity (Wildman–Crippen MR) is 85.2 cm³/mol. The quantitative estimate of drug-likeness (QED) is 0.814. The van der Waals surface area contributed by atoms with Crippen molar-refractivity contribution in [2.45, 2.75) is 71.5 Å². The van der Waals surface area contributed by atoms with Crippen molar-refractivity contribution >= 4 is 0 Å². The fraction of sp³-hybridized carbons (Fsp3) is 0.667. The average Bonchev–Trinajstić information content (AvgIpc) is 2.38. The van der Waals surface area contributed by atoms with Crippen LogP contribution in [-0.4, -0.2) is 23.9 Å². The summed E-state index contributed by atoms with van der Waals surface area (Å²) in [5, 5.41) is 10.3. The number of hydrogen-bond donors (Lipinski definition) is 1. The molecule has 2 nitrogen and oxygen atoms in total. The number of aliphatic hydroxyl groups is 1. The Labute approximate surface area is 124 Å². The van der Waals surface area contributed by atoms with E-state index < -0.39 is 6.10 Å².